The zero-order valence-corrected chi connectivity index (χ0v) is 14.0. The smallest absolute Gasteiger partial charge is 0.219 e. The van der Waals surface area contributed by atoms with Crippen molar-refractivity contribution in [2.45, 2.75) is 6.92 Å². The molecule has 1 aromatic carbocycles. The van der Waals surface area contributed by atoms with E-state index in [0.29, 0.717) is 34.5 Å². The number of benzene rings is 1. The molecule has 2 heterocycles. The second-order valence-electron chi connectivity index (χ2n) is 4.70. The largest absolute Gasteiger partial charge is 0.492 e. The molecular formula is C16H16N4O3S. The third kappa shape index (κ3) is 3.09. The standard InChI is InChI=1S/C16H16N4O3S/c1-3-22-12-7-4-6-11(14(12)21-2)10-17-20-15(18-19-16(20)24)13-8-5-9-23-13/h4-10H,3H2,1-2H3,(H,19,24)/b17-10-. The van der Waals surface area contributed by atoms with Gasteiger partial charge in [-0.3, -0.25) is 0 Å². The van der Waals surface area contributed by atoms with Crippen LogP contribution in [0.3, 0.4) is 0 Å². The van der Waals surface area contributed by atoms with E-state index in [0.717, 1.165) is 5.56 Å². The Morgan fingerprint density at radius 1 is 1.38 bits per heavy atom. The van der Waals surface area contributed by atoms with E-state index in [1.54, 1.807) is 31.7 Å². The van der Waals surface area contributed by atoms with E-state index in [1.807, 2.05) is 25.1 Å². The van der Waals surface area contributed by atoms with Gasteiger partial charge in [-0.1, -0.05) is 6.07 Å². The molecule has 2 aromatic heterocycles. The molecule has 0 amide bonds. The number of rotatable bonds is 6. The zero-order valence-electron chi connectivity index (χ0n) is 13.2. The Morgan fingerprint density at radius 3 is 2.96 bits per heavy atom. The predicted molar refractivity (Wildman–Crippen MR) is 92.3 cm³/mol. The van der Waals surface area contributed by atoms with Gasteiger partial charge in [-0.05, 0) is 43.4 Å². The number of aromatic amines is 1. The zero-order chi connectivity index (χ0) is 16.9. The number of hydrogen-bond acceptors (Lipinski definition) is 6. The maximum Gasteiger partial charge on any atom is 0.219 e. The Morgan fingerprint density at radius 2 is 2.25 bits per heavy atom. The van der Waals surface area contributed by atoms with Gasteiger partial charge in [0.2, 0.25) is 10.6 Å². The van der Waals surface area contributed by atoms with Crippen LogP contribution in [0.15, 0.2) is 46.1 Å². The number of nitrogens with zero attached hydrogens (tertiary/aromatic N) is 3. The summed E-state index contributed by atoms with van der Waals surface area (Å²) >= 11 is 5.22. The lowest BCUT2D eigenvalue weighted by atomic mass is 10.2. The van der Waals surface area contributed by atoms with Gasteiger partial charge in [-0.25, -0.2) is 5.10 Å². The summed E-state index contributed by atoms with van der Waals surface area (Å²) in [7, 11) is 1.59. The van der Waals surface area contributed by atoms with Crippen molar-refractivity contribution in [2.75, 3.05) is 13.7 Å². The number of methoxy groups -OCH3 is 1. The summed E-state index contributed by atoms with van der Waals surface area (Å²) in [5, 5.41) is 11.3. The van der Waals surface area contributed by atoms with E-state index in [4.69, 9.17) is 26.1 Å². The molecule has 0 aliphatic rings. The normalized spacial score (nSPS) is 11.1. The van der Waals surface area contributed by atoms with Gasteiger partial charge in [0.25, 0.3) is 0 Å². The fourth-order valence-corrected chi connectivity index (χ4v) is 2.39. The lowest BCUT2D eigenvalue weighted by Gasteiger charge is -2.11. The quantitative estimate of drug-likeness (QED) is 0.547. The first-order chi connectivity index (χ1) is 11.7. The minimum atomic E-state index is 0.359. The number of nitrogens with one attached hydrogen (secondary N) is 1. The number of para-hydroxylation sites is 1. The Labute approximate surface area is 143 Å². The highest BCUT2D eigenvalue weighted by molar-refractivity contribution is 7.71. The van der Waals surface area contributed by atoms with Crippen LogP contribution < -0.4 is 9.47 Å². The average Bonchev–Trinajstić information content (AvgIpc) is 3.23. The highest BCUT2D eigenvalue weighted by Gasteiger charge is 2.12. The highest BCUT2D eigenvalue weighted by Crippen LogP contribution is 2.30. The molecule has 0 fully saturated rings. The molecule has 1 N–H and O–H groups in total. The summed E-state index contributed by atoms with van der Waals surface area (Å²) in [6, 6.07) is 9.15. The Balaban J connectivity index is 2.00. The average molecular weight is 344 g/mol. The van der Waals surface area contributed by atoms with E-state index in [9.17, 15) is 0 Å². The van der Waals surface area contributed by atoms with Crippen LogP contribution >= 0.6 is 12.2 Å². The second kappa shape index (κ2) is 7.14. The van der Waals surface area contributed by atoms with E-state index in [2.05, 4.69) is 15.3 Å². The fourth-order valence-electron chi connectivity index (χ4n) is 2.21. The molecule has 7 nitrogen and oxygen atoms in total. The molecule has 124 valence electrons. The van der Waals surface area contributed by atoms with Crippen molar-refractivity contribution in [3.05, 3.63) is 46.9 Å². The van der Waals surface area contributed by atoms with Crippen molar-refractivity contribution in [3.63, 3.8) is 0 Å². The van der Waals surface area contributed by atoms with Gasteiger partial charge in [-0.2, -0.15) is 9.78 Å². The van der Waals surface area contributed by atoms with E-state index in [-0.39, 0.29) is 0 Å². The van der Waals surface area contributed by atoms with Gasteiger partial charge in [0.05, 0.1) is 26.2 Å². The molecule has 0 saturated carbocycles. The molecule has 0 spiro atoms. The number of H-pyrrole nitrogens is 1. The number of furan rings is 1. The summed E-state index contributed by atoms with van der Waals surface area (Å²) in [6.45, 7) is 2.47. The first kappa shape index (κ1) is 16.0. The van der Waals surface area contributed by atoms with Crippen molar-refractivity contribution in [1.29, 1.82) is 0 Å². The van der Waals surface area contributed by atoms with Crippen LogP contribution in [0.5, 0.6) is 11.5 Å². The van der Waals surface area contributed by atoms with E-state index >= 15 is 0 Å². The molecule has 24 heavy (non-hydrogen) atoms. The second-order valence-corrected chi connectivity index (χ2v) is 5.08. The summed E-state index contributed by atoms with van der Waals surface area (Å²) in [4.78, 5) is 0. The summed E-state index contributed by atoms with van der Waals surface area (Å²) < 4.78 is 18.2. The molecular weight excluding hydrogens is 328 g/mol. The first-order valence-electron chi connectivity index (χ1n) is 7.30. The number of aromatic nitrogens is 3. The van der Waals surface area contributed by atoms with Crippen LogP contribution in [0.4, 0.5) is 0 Å². The predicted octanol–water partition coefficient (Wildman–Crippen LogP) is 3.49. The summed E-state index contributed by atoms with van der Waals surface area (Å²) in [6.07, 6.45) is 3.20. The molecule has 0 bridgehead atoms. The number of ether oxygens (including phenoxy) is 2. The van der Waals surface area contributed by atoms with Crippen molar-refractivity contribution >= 4 is 18.4 Å². The highest BCUT2D eigenvalue weighted by atomic mass is 32.1. The van der Waals surface area contributed by atoms with E-state index in [1.165, 1.54) is 4.68 Å². The molecule has 8 heteroatoms. The van der Waals surface area contributed by atoms with Crippen LogP contribution in [0.1, 0.15) is 12.5 Å². The number of hydrogen-bond donors (Lipinski definition) is 1. The van der Waals surface area contributed by atoms with Crippen LogP contribution in [0, 0.1) is 4.77 Å². The molecule has 0 unspecified atom stereocenters. The van der Waals surface area contributed by atoms with Crippen molar-refractivity contribution in [1.82, 2.24) is 14.9 Å². The van der Waals surface area contributed by atoms with Gasteiger partial charge < -0.3 is 13.9 Å². The molecule has 0 saturated heterocycles. The molecule has 0 aliphatic carbocycles. The Bertz CT molecular complexity index is 896. The molecule has 0 aliphatic heterocycles. The molecule has 0 atom stereocenters. The van der Waals surface area contributed by atoms with Crippen molar-refractivity contribution < 1.29 is 13.9 Å². The maximum atomic E-state index is 5.56. The fraction of sp³-hybridized carbons (Fsp3) is 0.188. The monoisotopic (exact) mass is 344 g/mol. The van der Waals surface area contributed by atoms with Crippen LogP contribution in [-0.2, 0) is 0 Å². The Hall–Kier alpha value is -2.87. The Kier molecular flexibility index (Phi) is 4.76. The molecule has 0 radical (unpaired) electrons. The van der Waals surface area contributed by atoms with Crippen LogP contribution in [0.25, 0.3) is 11.6 Å². The molecule has 3 rings (SSSR count). The van der Waals surface area contributed by atoms with Crippen LogP contribution in [0.2, 0.25) is 0 Å². The van der Waals surface area contributed by atoms with Gasteiger partial charge in [-0.15, -0.1) is 5.10 Å². The maximum absolute atomic E-state index is 5.56. The third-order valence-electron chi connectivity index (χ3n) is 3.22. The summed E-state index contributed by atoms with van der Waals surface area (Å²) in [5.41, 5.74) is 0.761. The van der Waals surface area contributed by atoms with Crippen molar-refractivity contribution in [2.24, 2.45) is 5.10 Å². The minimum Gasteiger partial charge on any atom is -0.492 e. The lowest BCUT2D eigenvalue weighted by Crippen LogP contribution is -1.99. The van der Waals surface area contributed by atoms with Crippen molar-refractivity contribution in [3.8, 4) is 23.1 Å². The van der Waals surface area contributed by atoms with Crippen LogP contribution in [-0.4, -0.2) is 34.8 Å². The molecule has 3 aromatic rings. The third-order valence-corrected chi connectivity index (χ3v) is 3.48. The summed E-state index contributed by atoms with van der Waals surface area (Å²) in [5.74, 6) is 2.32. The van der Waals surface area contributed by atoms with Gasteiger partial charge in [0.1, 0.15) is 0 Å². The van der Waals surface area contributed by atoms with Gasteiger partial charge in [0, 0.05) is 5.56 Å². The van der Waals surface area contributed by atoms with E-state index < -0.39 is 0 Å². The minimum absolute atomic E-state index is 0.359. The topological polar surface area (TPSA) is 77.6 Å². The first-order valence-corrected chi connectivity index (χ1v) is 7.71. The lowest BCUT2D eigenvalue weighted by molar-refractivity contribution is 0.310. The van der Waals surface area contributed by atoms with Gasteiger partial charge >= 0.3 is 0 Å². The van der Waals surface area contributed by atoms with Gasteiger partial charge in [0.15, 0.2) is 17.3 Å². The SMILES string of the molecule is CCOc1cccc(/C=N\n2c(-c3ccco3)n[nH]c2=S)c1OC.